The number of hydrogen-bond acceptors (Lipinski definition) is 2. The molecule has 148 valence electrons. The third-order valence-corrected chi connectivity index (χ3v) is 5.60. The molecule has 0 radical (unpaired) electrons. The van der Waals surface area contributed by atoms with Crippen LogP contribution in [0.4, 0.5) is 0 Å². The number of aryl methyl sites for hydroxylation is 1. The number of aromatic nitrogens is 1. The second-order valence-corrected chi connectivity index (χ2v) is 7.33. The standard InChI is InChI=1S/C24H28N2O.ClH/c1-27-22-11-9-19(10-12-22)20-13-16-26(17-14-20)15-5-4-6-21-18-25-24-8-3-2-7-23(21)24;/h2-3,7-13,18,25H,4-6,14-17H2,1H3;1H. The molecule has 2 aromatic carbocycles. The number of unbranched alkanes of at least 4 members (excludes halogenated alkanes) is 1. The van der Waals surface area contributed by atoms with Crippen molar-refractivity contribution in [2.24, 2.45) is 0 Å². The van der Waals surface area contributed by atoms with Crippen molar-refractivity contribution in [2.45, 2.75) is 25.7 Å². The number of methoxy groups -OCH3 is 1. The molecule has 1 aliphatic rings. The Morgan fingerprint density at radius 1 is 1.04 bits per heavy atom. The Balaban J connectivity index is 0.00000225. The van der Waals surface area contributed by atoms with Gasteiger partial charge in [0.15, 0.2) is 0 Å². The van der Waals surface area contributed by atoms with E-state index in [0.717, 1.165) is 31.7 Å². The van der Waals surface area contributed by atoms with Crippen molar-refractivity contribution in [3.63, 3.8) is 0 Å². The van der Waals surface area contributed by atoms with Gasteiger partial charge in [-0.05, 0) is 67.1 Å². The molecular formula is C24H29ClN2O. The van der Waals surface area contributed by atoms with E-state index in [-0.39, 0.29) is 12.4 Å². The van der Waals surface area contributed by atoms with Gasteiger partial charge in [-0.25, -0.2) is 0 Å². The summed E-state index contributed by atoms with van der Waals surface area (Å²) >= 11 is 0. The summed E-state index contributed by atoms with van der Waals surface area (Å²) in [7, 11) is 1.71. The summed E-state index contributed by atoms with van der Waals surface area (Å²) in [6, 6.07) is 17.0. The average molecular weight is 397 g/mol. The average Bonchev–Trinajstić information content (AvgIpc) is 3.15. The van der Waals surface area contributed by atoms with Gasteiger partial charge in [0.05, 0.1) is 7.11 Å². The zero-order valence-corrected chi connectivity index (χ0v) is 17.3. The lowest BCUT2D eigenvalue weighted by molar-refractivity contribution is 0.295. The molecule has 3 nitrogen and oxygen atoms in total. The Labute approximate surface area is 173 Å². The minimum Gasteiger partial charge on any atom is -0.497 e. The van der Waals surface area contributed by atoms with Gasteiger partial charge in [0.25, 0.3) is 0 Å². The fourth-order valence-electron chi connectivity index (χ4n) is 3.97. The van der Waals surface area contributed by atoms with Gasteiger partial charge in [-0.15, -0.1) is 12.4 Å². The summed E-state index contributed by atoms with van der Waals surface area (Å²) < 4.78 is 5.25. The second-order valence-electron chi connectivity index (χ2n) is 7.33. The first-order valence-electron chi connectivity index (χ1n) is 9.94. The second kappa shape index (κ2) is 9.81. The normalized spacial score (nSPS) is 14.5. The Hall–Kier alpha value is -2.23. The topological polar surface area (TPSA) is 28.3 Å². The van der Waals surface area contributed by atoms with E-state index >= 15 is 0 Å². The van der Waals surface area contributed by atoms with Crippen LogP contribution in [-0.4, -0.2) is 36.6 Å². The summed E-state index contributed by atoms with van der Waals surface area (Å²) in [5.41, 5.74) is 5.49. The predicted octanol–water partition coefficient (Wildman–Crippen LogP) is 5.71. The molecule has 4 rings (SSSR count). The summed E-state index contributed by atoms with van der Waals surface area (Å²) in [5, 5.41) is 1.38. The van der Waals surface area contributed by atoms with Crippen molar-refractivity contribution < 1.29 is 4.74 Å². The predicted molar refractivity (Wildman–Crippen MR) is 121 cm³/mol. The van der Waals surface area contributed by atoms with Crippen LogP contribution in [0.15, 0.2) is 60.8 Å². The van der Waals surface area contributed by atoms with E-state index in [1.807, 2.05) is 12.1 Å². The molecular weight excluding hydrogens is 368 g/mol. The maximum Gasteiger partial charge on any atom is 0.118 e. The fourth-order valence-corrected chi connectivity index (χ4v) is 3.97. The molecule has 0 saturated carbocycles. The maximum atomic E-state index is 5.25. The van der Waals surface area contributed by atoms with Gasteiger partial charge in [0.2, 0.25) is 0 Å². The molecule has 1 N–H and O–H groups in total. The Morgan fingerprint density at radius 2 is 1.86 bits per heavy atom. The number of fused-ring (bicyclic) bond motifs is 1. The Kier molecular flexibility index (Phi) is 7.18. The van der Waals surface area contributed by atoms with E-state index in [4.69, 9.17) is 4.74 Å². The first-order valence-corrected chi connectivity index (χ1v) is 9.94. The number of nitrogens with zero attached hydrogens (tertiary/aromatic N) is 1. The molecule has 0 aliphatic carbocycles. The SMILES string of the molecule is COc1ccc(C2=CCN(CCCCc3c[nH]c4ccccc34)CC2)cc1.Cl. The minimum atomic E-state index is 0. The first kappa shape index (κ1) is 20.5. The summed E-state index contributed by atoms with van der Waals surface area (Å²) in [6.45, 7) is 3.41. The van der Waals surface area contributed by atoms with Crippen LogP contribution in [-0.2, 0) is 6.42 Å². The monoisotopic (exact) mass is 396 g/mol. The van der Waals surface area contributed by atoms with E-state index in [2.05, 4.69) is 58.6 Å². The Bertz CT molecular complexity index is 914. The van der Waals surface area contributed by atoms with Crippen molar-refractivity contribution in [3.05, 3.63) is 71.9 Å². The minimum absolute atomic E-state index is 0. The molecule has 4 heteroatoms. The molecule has 0 unspecified atom stereocenters. The van der Waals surface area contributed by atoms with Gasteiger partial charge >= 0.3 is 0 Å². The molecule has 1 aliphatic heterocycles. The molecule has 0 bridgehead atoms. The lowest BCUT2D eigenvalue weighted by atomic mass is 9.99. The van der Waals surface area contributed by atoms with E-state index in [1.165, 1.54) is 47.0 Å². The third-order valence-electron chi connectivity index (χ3n) is 5.60. The van der Waals surface area contributed by atoms with Crippen LogP contribution in [0.25, 0.3) is 16.5 Å². The molecule has 0 saturated heterocycles. The van der Waals surface area contributed by atoms with Crippen LogP contribution in [0.1, 0.15) is 30.4 Å². The van der Waals surface area contributed by atoms with Crippen molar-refractivity contribution >= 4 is 28.9 Å². The highest BCUT2D eigenvalue weighted by atomic mass is 35.5. The van der Waals surface area contributed by atoms with Crippen LogP contribution in [0, 0.1) is 0 Å². The number of rotatable bonds is 7. The first-order chi connectivity index (χ1) is 13.3. The van der Waals surface area contributed by atoms with Crippen molar-refractivity contribution in [1.82, 2.24) is 9.88 Å². The molecule has 3 aromatic rings. The van der Waals surface area contributed by atoms with E-state index in [0.29, 0.717) is 0 Å². The Morgan fingerprint density at radius 3 is 2.61 bits per heavy atom. The number of nitrogens with one attached hydrogen (secondary N) is 1. The fraction of sp³-hybridized carbons (Fsp3) is 0.333. The summed E-state index contributed by atoms with van der Waals surface area (Å²) in [4.78, 5) is 5.95. The molecule has 0 amide bonds. The smallest absolute Gasteiger partial charge is 0.118 e. The highest BCUT2D eigenvalue weighted by Crippen LogP contribution is 2.25. The highest BCUT2D eigenvalue weighted by Gasteiger charge is 2.13. The van der Waals surface area contributed by atoms with Crippen molar-refractivity contribution in [2.75, 3.05) is 26.7 Å². The highest BCUT2D eigenvalue weighted by molar-refractivity contribution is 5.85. The zero-order chi connectivity index (χ0) is 18.5. The van der Waals surface area contributed by atoms with Crippen LogP contribution in [0.3, 0.4) is 0 Å². The third kappa shape index (κ3) is 4.78. The lowest BCUT2D eigenvalue weighted by Crippen LogP contribution is -2.29. The van der Waals surface area contributed by atoms with Gasteiger partial charge in [-0.1, -0.05) is 36.4 Å². The van der Waals surface area contributed by atoms with Gasteiger partial charge in [-0.3, -0.25) is 4.90 Å². The van der Waals surface area contributed by atoms with E-state index in [9.17, 15) is 0 Å². The quantitative estimate of drug-likeness (QED) is 0.518. The van der Waals surface area contributed by atoms with Gasteiger partial charge in [-0.2, -0.15) is 0 Å². The van der Waals surface area contributed by atoms with Crippen LogP contribution < -0.4 is 4.74 Å². The molecule has 28 heavy (non-hydrogen) atoms. The summed E-state index contributed by atoms with van der Waals surface area (Å²) in [6.07, 6.45) is 9.36. The van der Waals surface area contributed by atoms with Crippen LogP contribution >= 0.6 is 12.4 Å². The lowest BCUT2D eigenvalue weighted by Gasteiger charge is -2.26. The van der Waals surface area contributed by atoms with Gasteiger partial charge < -0.3 is 9.72 Å². The number of ether oxygens (including phenoxy) is 1. The number of hydrogen-bond donors (Lipinski definition) is 1. The number of H-pyrrole nitrogens is 1. The summed E-state index contributed by atoms with van der Waals surface area (Å²) in [5.74, 6) is 0.923. The molecule has 0 atom stereocenters. The van der Waals surface area contributed by atoms with Gasteiger partial charge in [0.1, 0.15) is 5.75 Å². The molecule has 1 aromatic heterocycles. The maximum absolute atomic E-state index is 5.25. The van der Waals surface area contributed by atoms with Crippen molar-refractivity contribution in [1.29, 1.82) is 0 Å². The molecule has 0 fully saturated rings. The number of aromatic amines is 1. The van der Waals surface area contributed by atoms with Crippen LogP contribution in [0.2, 0.25) is 0 Å². The largest absolute Gasteiger partial charge is 0.497 e. The molecule has 0 spiro atoms. The van der Waals surface area contributed by atoms with Gasteiger partial charge in [0, 0.05) is 30.2 Å². The molecule has 2 heterocycles. The van der Waals surface area contributed by atoms with Crippen LogP contribution in [0.5, 0.6) is 5.75 Å². The number of para-hydroxylation sites is 1. The number of benzene rings is 2. The zero-order valence-electron chi connectivity index (χ0n) is 16.5. The van der Waals surface area contributed by atoms with Crippen molar-refractivity contribution in [3.8, 4) is 5.75 Å². The van der Waals surface area contributed by atoms with E-state index < -0.39 is 0 Å². The van der Waals surface area contributed by atoms with E-state index in [1.54, 1.807) is 7.11 Å². The number of halogens is 1.